The standard InChI is InChI=1S/C16H19N3O/c1-3-7-19-15-5-4-12(10-17)9-14(15)18-16(19)13-6-8-20-11(13)2/h4-6,8-9H,3,7,10,17H2,1-2H3. The van der Waals surface area contributed by atoms with Gasteiger partial charge in [-0.1, -0.05) is 13.0 Å². The molecule has 0 fully saturated rings. The van der Waals surface area contributed by atoms with E-state index in [0.717, 1.165) is 46.7 Å². The minimum atomic E-state index is 0.538. The first kappa shape index (κ1) is 12.9. The van der Waals surface area contributed by atoms with Gasteiger partial charge in [-0.2, -0.15) is 0 Å². The highest BCUT2D eigenvalue weighted by atomic mass is 16.3. The molecule has 0 spiro atoms. The highest BCUT2D eigenvalue weighted by molar-refractivity contribution is 5.81. The van der Waals surface area contributed by atoms with Gasteiger partial charge in [-0.25, -0.2) is 4.98 Å². The number of benzene rings is 1. The van der Waals surface area contributed by atoms with Crippen LogP contribution >= 0.6 is 0 Å². The largest absolute Gasteiger partial charge is 0.469 e. The molecule has 20 heavy (non-hydrogen) atoms. The van der Waals surface area contributed by atoms with Crippen LogP contribution in [-0.4, -0.2) is 9.55 Å². The summed E-state index contributed by atoms with van der Waals surface area (Å²) in [5, 5.41) is 0. The number of nitrogens with two attached hydrogens (primary N) is 1. The van der Waals surface area contributed by atoms with Crippen molar-refractivity contribution in [1.29, 1.82) is 0 Å². The zero-order chi connectivity index (χ0) is 14.1. The number of hydrogen-bond acceptors (Lipinski definition) is 3. The molecule has 2 N–H and O–H groups in total. The second-order valence-electron chi connectivity index (χ2n) is 5.00. The van der Waals surface area contributed by atoms with Gasteiger partial charge in [0.15, 0.2) is 0 Å². The maximum absolute atomic E-state index is 5.71. The summed E-state index contributed by atoms with van der Waals surface area (Å²) in [6, 6.07) is 8.23. The molecular formula is C16H19N3O. The summed E-state index contributed by atoms with van der Waals surface area (Å²) in [4.78, 5) is 4.79. The molecule has 4 nitrogen and oxygen atoms in total. The van der Waals surface area contributed by atoms with Crippen LogP contribution in [0.4, 0.5) is 0 Å². The van der Waals surface area contributed by atoms with Crippen LogP contribution in [0.25, 0.3) is 22.4 Å². The predicted octanol–water partition coefficient (Wildman–Crippen LogP) is 3.47. The van der Waals surface area contributed by atoms with Gasteiger partial charge in [0.25, 0.3) is 0 Å². The van der Waals surface area contributed by atoms with Crippen molar-refractivity contribution in [3.63, 3.8) is 0 Å². The Balaban J connectivity index is 2.25. The maximum Gasteiger partial charge on any atom is 0.144 e. The normalized spacial score (nSPS) is 11.3. The van der Waals surface area contributed by atoms with Gasteiger partial charge < -0.3 is 14.7 Å². The molecule has 0 radical (unpaired) electrons. The van der Waals surface area contributed by atoms with E-state index in [-0.39, 0.29) is 0 Å². The molecule has 0 bridgehead atoms. The zero-order valence-corrected chi connectivity index (χ0v) is 11.9. The summed E-state index contributed by atoms with van der Waals surface area (Å²) >= 11 is 0. The fraction of sp³-hybridized carbons (Fsp3) is 0.312. The molecule has 0 amide bonds. The Labute approximate surface area is 118 Å². The van der Waals surface area contributed by atoms with E-state index in [4.69, 9.17) is 15.1 Å². The molecule has 0 aliphatic carbocycles. The molecule has 3 rings (SSSR count). The van der Waals surface area contributed by atoms with E-state index in [1.807, 2.05) is 13.0 Å². The van der Waals surface area contributed by atoms with Crippen LogP contribution in [-0.2, 0) is 13.1 Å². The Bertz CT molecular complexity index is 739. The van der Waals surface area contributed by atoms with Crippen molar-refractivity contribution in [1.82, 2.24) is 9.55 Å². The van der Waals surface area contributed by atoms with Crippen molar-refractivity contribution in [3.8, 4) is 11.4 Å². The SMILES string of the molecule is CCCn1c(-c2ccoc2C)nc2cc(CN)ccc21. The van der Waals surface area contributed by atoms with Crippen LogP contribution in [0.2, 0.25) is 0 Å². The Hall–Kier alpha value is -2.07. The van der Waals surface area contributed by atoms with Gasteiger partial charge in [0, 0.05) is 13.1 Å². The molecule has 0 saturated carbocycles. The lowest BCUT2D eigenvalue weighted by Gasteiger charge is -2.07. The Morgan fingerprint density at radius 3 is 2.80 bits per heavy atom. The van der Waals surface area contributed by atoms with Crippen molar-refractivity contribution >= 4 is 11.0 Å². The van der Waals surface area contributed by atoms with Crippen LogP contribution in [0.5, 0.6) is 0 Å². The second kappa shape index (κ2) is 5.13. The van der Waals surface area contributed by atoms with E-state index in [1.165, 1.54) is 0 Å². The quantitative estimate of drug-likeness (QED) is 0.789. The fourth-order valence-electron chi connectivity index (χ4n) is 2.57. The van der Waals surface area contributed by atoms with Gasteiger partial charge in [0.1, 0.15) is 11.6 Å². The third kappa shape index (κ3) is 2.02. The second-order valence-corrected chi connectivity index (χ2v) is 5.00. The molecule has 0 saturated heterocycles. The molecule has 3 aromatic rings. The molecule has 2 heterocycles. The number of furan rings is 1. The summed E-state index contributed by atoms with van der Waals surface area (Å²) < 4.78 is 7.68. The number of imidazole rings is 1. The summed E-state index contributed by atoms with van der Waals surface area (Å²) in [5.41, 5.74) is 10.0. The van der Waals surface area contributed by atoms with E-state index >= 15 is 0 Å². The molecule has 104 valence electrons. The van der Waals surface area contributed by atoms with Crippen molar-refractivity contribution in [2.24, 2.45) is 5.73 Å². The highest BCUT2D eigenvalue weighted by Gasteiger charge is 2.15. The van der Waals surface area contributed by atoms with Gasteiger partial charge in [-0.3, -0.25) is 0 Å². The molecule has 0 atom stereocenters. The molecule has 0 unspecified atom stereocenters. The predicted molar refractivity (Wildman–Crippen MR) is 80.4 cm³/mol. The zero-order valence-electron chi connectivity index (χ0n) is 11.9. The Kier molecular flexibility index (Phi) is 3.32. The minimum Gasteiger partial charge on any atom is -0.469 e. The van der Waals surface area contributed by atoms with E-state index in [2.05, 4.69) is 29.7 Å². The summed E-state index contributed by atoms with van der Waals surface area (Å²) in [6.45, 7) is 5.62. The lowest BCUT2D eigenvalue weighted by atomic mass is 10.2. The number of aromatic nitrogens is 2. The number of fused-ring (bicyclic) bond motifs is 1. The number of nitrogens with zero attached hydrogens (tertiary/aromatic N) is 2. The van der Waals surface area contributed by atoms with Crippen molar-refractivity contribution in [3.05, 3.63) is 41.9 Å². The van der Waals surface area contributed by atoms with E-state index in [1.54, 1.807) is 6.26 Å². The first-order valence-electron chi connectivity index (χ1n) is 6.98. The smallest absolute Gasteiger partial charge is 0.144 e. The van der Waals surface area contributed by atoms with Gasteiger partial charge in [0.2, 0.25) is 0 Å². The summed E-state index contributed by atoms with van der Waals surface area (Å²) in [7, 11) is 0. The van der Waals surface area contributed by atoms with Crippen LogP contribution in [0.15, 0.2) is 34.9 Å². The fourth-order valence-corrected chi connectivity index (χ4v) is 2.57. The van der Waals surface area contributed by atoms with Crippen LogP contribution in [0, 0.1) is 6.92 Å². The molecule has 1 aromatic carbocycles. The number of aryl methyl sites for hydroxylation is 2. The molecular weight excluding hydrogens is 250 g/mol. The average molecular weight is 269 g/mol. The van der Waals surface area contributed by atoms with Gasteiger partial charge >= 0.3 is 0 Å². The lowest BCUT2D eigenvalue weighted by Crippen LogP contribution is -2.00. The molecule has 0 aliphatic rings. The van der Waals surface area contributed by atoms with Crippen molar-refractivity contribution in [2.45, 2.75) is 33.4 Å². The third-order valence-electron chi connectivity index (χ3n) is 3.60. The van der Waals surface area contributed by atoms with E-state index in [9.17, 15) is 0 Å². The van der Waals surface area contributed by atoms with E-state index < -0.39 is 0 Å². The molecule has 4 heteroatoms. The topological polar surface area (TPSA) is 57.0 Å². The van der Waals surface area contributed by atoms with Crippen LogP contribution < -0.4 is 5.73 Å². The van der Waals surface area contributed by atoms with Crippen LogP contribution in [0.3, 0.4) is 0 Å². The number of hydrogen-bond donors (Lipinski definition) is 1. The van der Waals surface area contributed by atoms with Gasteiger partial charge in [-0.05, 0) is 37.1 Å². The molecule has 2 aromatic heterocycles. The van der Waals surface area contributed by atoms with Crippen LogP contribution in [0.1, 0.15) is 24.7 Å². The summed E-state index contributed by atoms with van der Waals surface area (Å²) in [6.07, 6.45) is 2.78. The monoisotopic (exact) mass is 269 g/mol. The average Bonchev–Trinajstić information content (AvgIpc) is 3.02. The first-order chi connectivity index (χ1) is 9.74. The van der Waals surface area contributed by atoms with Crippen molar-refractivity contribution < 1.29 is 4.42 Å². The number of rotatable bonds is 4. The third-order valence-corrected chi connectivity index (χ3v) is 3.60. The van der Waals surface area contributed by atoms with Crippen molar-refractivity contribution in [2.75, 3.05) is 0 Å². The van der Waals surface area contributed by atoms with E-state index in [0.29, 0.717) is 6.54 Å². The minimum absolute atomic E-state index is 0.538. The van der Waals surface area contributed by atoms with Gasteiger partial charge in [0.05, 0.1) is 22.9 Å². The maximum atomic E-state index is 5.71. The Morgan fingerprint density at radius 1 is 1.30 bits per heavy atom. The van der Waals surface area contributed by atoms with Gasteiger partial charge in [-0.15, -0.1) is 0 Å². The highest BCUT2D eigenvalue weighted by Crippen LogP contribution is 2.28. The molecule has 0 aliphatic heterocycles. The lowest BCUT2D eigenvalue weighted by molar-refractivity contribution is 0.534. The first-order valence-corrected chi connectivity index (χ1v) is 6.98. The Morgan fingerprint density at radius 2 is 2.15 bits per heavy atom. The summed E-state index contributed by atoms with van der Waals surface area (Å²) in [5.74, 6) is 1.87.